The number of carbonyl (C=O) groups is 1. The van der Waals surface area contributed by atoms with Crippen LogP contribution in [-0.2, 0) is 25.0 Å². The summed E-state index contributed by atoms with van der Waals surface area (Å²) in [5, 5.41) is 9.47. The second-order valence-corrected chi connectivity index (χ2v) is 8.59. The van der Waals surface area contributed by atoms with Gasteiger partial charge >= 0.3 is 7.75 Å². The number of nitrogens with two attached hydrogens (primary N) is 1. The summed E-state index contributed by atoms with van der Waals surface area (Å²) in [4.78, 5) is 11.8. The Hall–Kier alpha value is -1.78. The van der Waals surface area contributed by atoms with Gasteiger partial charge in [-0.25, -0.2) is 4.57 Å². The van der Waals surface area contributed by atoms with Crippen LogP contribution in [0, 0.1) is 11.3 Å². The third-order valence-corrected chi connectivity index (χ3v) is 6.38. The zero-order chi connectivity index (χ0) is 21.7. The molecule has 0 bridgehead atoms. The third-order valence-electron chi connectivity index (χ3n) is 4.08. The van der Waals surface area contributed by atoms with Crippen LogP contribution in [0.3, 0.4) is 0 Å². The van der Waals surface area contributed by atoms with Crippen LogP contribution in [0.2, 0.25) is 0 Å². The standard InChI is InChI=1S/C20H30N3O4PS/c1-3-5-12-26-28(25,27-13-6-4-2)23(15-17-10-8-7-9-11-17)19(16-29)18(14-21)20(22)24/h7-11,29H,3-6,12-13,15-16H2,1-2H3,(H2,22,24)/b19-18+. The molecule has 1 aromatic rings. The quantitative estimate of drug-likeness (QED) is 0.146. The maximum atomic E-state index is 13.9. The average Bonchev–Trinajstić information content (AvgIpc) is 2.71. The van der Waals surface area contributed by atoms with Crippen molar-refractivity contribution in [3.63, 3.8) is 0 Å². The first kappa shape index (κ1) is 25.3. The van der Waals surface area contributed by atoms with Crippen LogP contribution >= 0.6 is 20.4 Å². The van der Waals surface area contributed by atoms with Crippen molar-refractivity contribution in [1.82, 2.24) is 4.67 Å². The number of amides is 1. The fourth-order valence-electron chi connectivity index (χ4n) is 2.46. The van der Waals surface area contributed by atoms with Crippen molar-refractivity contribution in [2.24, 2.45) is 5.73 Å². The van der Waals surface area contributed by atoms with Crippen molar-refractivity contribution in [2.75, 3.05) is 19.0 Å². The van der Waals surface area contributed by atoms with Crippen LogP contribution in [0.5, 0.6) is 0 Å². The van der Waals surface area contributed by atoms with Crippen LogP contribution in [0.25, 0.3) is 0 Å². The minimum Gasteiger partial charge on any atom is -0.365 e. The lowest BCUT2D eigenvalue weighted by Crippen LogP contribution is -2.28. The number of carbonyl (C=O) groups excluding carboxylic acids is 1. The van der Waals surface area contributed by atoms with Gasteiger partial charge in [0.25, 0.3) is 5.91 Å². The molecule has 0 heterocycles. The largest absolute Gasteiger partial charge is 0.435 e. The van der Waals surface area contributed by atoms with E-state index >= 15 is 0 Å². The molecular formula is C20H30N3O4PS. The molecule has 0 aromatic heterocycles. The molecule has 0 aliphatic carbocycles. The topological polar surface area (TPSA) is 106 Å². The molecule has 1 rings (SSSR count). The Kier molecular flexibility index (Phi) is 11.7. The van der Waals surface area contributed by atoms with Crippen molar-refractivity contribution in [3.8, 4) is 6.07 Å². The second kappa shape index (κ2) is 13.4. The van der Waals surface area contributed by atoms with Gasteiger partial charge in [0.2, 0.25) is 0 Å². The molecule has 1 amide bonds. The van der Waals surface area contributed by atoms with Gasteiger partial charge in [-0.3, -0.25) is 18.5 Å². The van der Waals surface area contributed by atoms with Crippen molar-refractivity contribution >= 4 is 26.3 Å². The highest BCUT2D eigenvalue weighted by Crippen LogP contribution is 2.55. The third kappa shape index (κ3) is 7.87. The number of nitrogens with zero attached hydrogens (tertiary/aromatic N) is 2. The van der Waals surface area contributed by atoms with E-state index in [1.165, 1.54) is 4.67 Å². The Bertz CT molecular complexity index is 751. The summed E-state index contributed by atoms with van der Waals surface area (Å²) in [5.74, 6) is -0.944. The smallest absolute Gasteiger partial charge is 0.365 e. The molecule has 160 valence electrons. The fourth-order valence-corrected chi connectivity index (χ4v) is 4.78. The summed E-state index contributed by atoms with van der Waals surface area (Å²) in [6.07, 6.45) is 3.10. The number of nitriles is 1. The Balaban J connectivity index is 3.47. The molecule has 29 heavy (non-hydrogen) atoms. The number of hydrogen-bond donors (Lipinski definition) is 2. The molecule has 1 aromatic carbocycles. The number of unbranched alkanes of at least 4 members (excludes halogenated alkanes) is 2. The molecule has 0 saturated heterocycles. The zero-order valence-electron chi connectivity index (χ0n) is 17.0. The van der Waals surface area contributed by atoms with Gasteiger partial charge in [0.15, 0.2) is 0 Å². The van der Waals surface area contributed by atoms with Crippen LogP contribution < -0.4 is 5.73 Å². The number of hydrogen-bond acceptors (Lipinski definition) is 6. The molecule has 0 aliphatic heterocycles. The normalized spacial score (nSPS) is 12.2. The van der Waals surface area contributed by atoms with Crippen LogP contribution in [0.4, 0.5) is 0 Å². The highest BCUT2D eigenvalue weighted by molar-refractivity contribution is 7.80. The lowest BCUT2D eigenvalue weighted by Gasteiger charge is -2.33. The van der Waals surface area contributed by atoms with Gasteiger partial charge < -0.3 is 5.73 Å². The molecule has 2 N–H and O–H groups in total. The molecule has 0 atom stereocenters. The molecule has 9 heteroatoms. The van der Waals surface area contributed by atoms with Crippen molar-refractivity contribution in [2.45, 2.75) is 46.1 Å². The molecule has 0 aliphatic rings. The Morgan fingerprint density at radius 3 is 2.14 bits per heavy atom. The van der Waals surface area contributed by atoms with Crippen molar-refractivity contribution in [3.05, 3.63) is 47.2 Å². The first-order chi connectivity index (χ1) is 13.9. The Morgan fingerprint density at radius 2 is 1.72 bits per heavy atom. The molecule has 0 fully saturated rings. The summed E-state index contributed by atoms with van der Waals surface area (Å²) >= 11 is 4.27. The van der Waals surface area contributed by atoms with E-state index in [0.29, 0.717) is 12.8 Å². The molecule has 0 unspecified atom stereocenters. The fraction of sp³-hybridized carbons (Fsp3) is 0.500. The highest BCUT2D eigenvalue weighted by Gasteiger charge is 2.37. The van der Waals surface area contributed by atoms with Crippen LogP contribution in [0.1, 0.15) is 45.1 Å². The summed E-state index contributed by atoms with van der Waals surface area (Å²) in [7, 11) is -3.87. The first-order valence-corrected chi connectivity index (χ1v) is 11.8. The molecule has 0 saturated carbocycles. The van der Waals surface area contributed by atoms with Gasteiger partial charge in [0, 0.05) is 5.75 Å². The van der Waals surface area contributed by atoms with Gasteiger partial charge in [-0.1, -0.05) is 57.0 Å². The summed E-state index contributed by atoms with van der Waals surface area (Å²) in [5.41, 5.74) is 6.02. The summed E-state index contributed by atoms with van der Waals surface area (Å²) in [6.45, 7) is 4.56. The Morgan fingerprint density at radius 1 is 1.17 bits per heavy atom. The molecule has 7 nitrogen and oxygen atoms in total. The number of primary amides is 1. The van der Waals surface area contributed by atoms with E-state index in [2.05, 4.69) is 12.6 Å². The van der Waals surface area contributed by atoms with Crippen molar-refractivity contribution < 1.29 is 18.4 Å². The van der Waals surface area contributed by atoms with E-state index < -0.39 is 13.7 Å². The van der Waals surface area contributed by atoms with Gasteiger partial charge in [0.05, 0.1) is 25.5 Å². The summed E-state index contributed by atoms with van der Waals surface area (Å²) in [6, 6.07) is 11.1. The summed E-state index contributed by atoms with van der Waals surface area (Å²) < 4.78 is 26.7. The molecule has 0 spiro atoms. The second-order valence-electron chi connectivity index (χ2n) is 6.34. The van der Waals surface area contributed by atoms with E-state index in [1.807, 2.05) is 50.2 Å². The first-order valence-electron chi connectivity index (χ1n) is 9.68. The van der Waals surface area contributed by atoms with Crippen molar-refractivity contribution in [1.29, 1.82) is 5.26 Å². The van der Waals surface area contributed by atoms with E-state index in [-0.39, 0.29) is 36.8 Å². The lowest BCUT2D eigenvalue weighted by molar-refractivity contribution is -0.114. The lowest BCUT2D eigenvalue weighted by atomic mass is 10.2. The maximum absolute atomic E-state index is 13.9. The van der Waals surface area contributed by atoms with E-state index in [9.17, 15) is 14.6 Å². The molecular weight excluding hydrogens is 409 g/mol. The monoisotopic (exact) mass is 439 g/mol. The predicted octanol–water partition coefficient (Wildman–Crippen LogP) is 4.42. The van der Waals surface area contributed by atoms with Gasteiger partial charge in [-0.15, -0.1) is 0 Å². The van der Waals surface area contributed by atoms with E-state index in [4.69, 9.17) is 14.8 Å². The number of thiol groups is 1. The highest BCUT2D eigenvalue weighted by atomic mass is 32.1. The molecule has 0 radical (unpaired) electrons. The van der Waals surface area contributed by atoms with E-state index in [0.717, 1.165) is 18.4 Å². The van der Waals surface area contributed by atoms with Gasteiger partial charge in [-0.05, 0) is 18.4 Å². The SMILES string of the molecule is CCCCOP(=O)(OCCCC)N(Cc1ccccc1)/C(CS)=C(\C#N)C(N)=O. The zero-order valence-corrected chi connectivity index (χ0v) is 18.8. The van der Waals surface area contributed by atoms with Crippen LogP contribution in [0.15, 0.2) is 41.6 Å². The minimum absolute atomic E-state index is 0.0308. The maximum Gasteiger partial charge on any atom is 0.435 e. The van der Waals surface area contributed by atoms with E-state index in [1.54, 1.807) is 0 Å². The van der Waals surface area contributed by atoms with Gasteiger partial charge in [-0.2, -0.15) is 17.9 Å². The number of rotatable bonds is 14. The Labute approximate surface area is 178 Å². The predicted molar refractivity (Wildman–Crippen MR) is 117 cm³/mol. The van der Waals surface area contributed by atoms with Gasteiger partial charge in [0.1, 0.15) is 11.6 Å². The van der Waals surface area contributed by atoms with Crippen LogP contribution in [-0.4, -0.2) is 29.5 Å². The average molecular weight is 440 g/mol. The minimum atomic E-state index is -3.87. The number of benzene rings is 1.